The van der Waals surface area contributed by atoms with Crippen LogP contribution in [0.25, 0.3) is 0 Å². The summed E-state index contributed by atoms with van der Waals surface area (Å²) in [7, 11) is 0. The summed E-state index contributed by atoms with van der Waals surface area (Å²) in [5.41, 5.74) is -0.790. The number of allylic oxidation sites excluding steroid dienone is 2. The van der Waals surface area contributed by atoms with Crippen LogP contribution in [0.3, 0.4) is 0 Å². The van der Waals surface area contributed by atoms with Gasteiger partial charge >= 0.3 is 0 Å². The highest BCUT2D eigenvalue weighted by Gasteiger charge is 2.36. The van der Waals surface area contributed by atoms with E-state index in [-0.39, 0.29) is 11.7 Å². The topological polar surface area (TPSA) is 66.8 Å². The molecular weight excluding hydrogens is 244 g/mol. The average Bonchev–Trinajstić information content (AvgIpc) is 2.27. The highest BCUT2D eigenvalue weighted by molar-refractivity contribution is 5.94. The summed E-state index contributed by atoms with van der Waals surface area (Å²) in [5.74, 6) is -0.362. The van der Waals surface area contributed by atoms with E-state index in [1.165, 1.54) is 0 Å². The Balaban J connectivity index is 2.69. The van der Waals surface area contributed by atoms with Crippen LogP contribution >= 0.6 is 0 Å². The molecule has 0 aliphatic heterocycles. The summed E-state index contributed by atoms with van der Waals surface area (Å²) in [4.78, 5) is 16.2. The Morgan fingerprint density at radius 1 is 1.47 bits per heavy atom. The lowest BCUT2D eigenvalue weighted by Crippen LogP contribution is -2.40. The Morgan fingerprint density at radius 2 is 2.11 bits per heavy atom. The molecule has 19 heavy (non-hydrogen) atoms. The smallest absolute Gasteiger partial charge is 0.161 e. The van der Waals surface area contributed by atoms with Gasteiger partial charge < -0.3 is 5.11 Å². The van der Waals surface area contributed by atoms with Gasteiger partial charge in [0.15, 0.2) is 5.78 Å². The summed E-state index contributed by atoms with van der Waals surface area (Å²) in [6.07, 6.45) is 6.93. The Labute approximate surface area is 114 Å². The number of rotatable bonds is 5. The predicted molar refractivity (Wildman–Crippen MR) is 73.7 cm³/mol. The molecule has 1 rings (SSSR count). The molecule has 0 saturated heterocycles. The lowest BCUT2D eigenvalue weighted by atomic mass is 9.76. The van der Waals surface area contributed by atoms with E-state index in [0.717, 1.165) is 12.0 Å². The van der Waals surface area contributed by atoms with Crippen molar-refractivity contribution in [3.05, 3.63) is 23.8 Å². The molecule has 0 amide bonds. The van der Waals surface area contributed by atoms with E-state index >= 15 is 0 Å². The van der Waals surface area contributed by atoms with Crippen molar-refractivity contribution in [3.8, 4) is 0 Å². The average molecular weight is 268 g/mol. The monoisotopic (exact) mass is 268 g/mol. The number of carbonyl (C=O) groups is 1. The largest absolute Gasteiger partial charge is 0.389 e. The summed E-state index contributed by atoms with van der Waals surface area (Å²) >= 11 is 0. The van der Waals surface area contributed by atoms with E-state index in [9.17, 15) is 9.90 Å². The molecule has 0 aromatic heterocycles. The third-order valence-corrected chi connectivity index (χ3v) is 3.60. The number of hydrogen-bond donors (Lipinski definition) is 2. The van der Waals surface area contributed by atoms with Gasteiger partial charge in [-0.15, -0.1) is 0 Å². The van der Waals surface area contributed by atoms with E-state index in [4.69, 9.17) is 5.26 Å². The fraction of sp³-hybridized carbons (Fsp3) is 0.667. The van der Waals surface area contributed by atoms with E-state index in [1.807, 2.05) is 6.92 Å². The molecule has 2 atom stereocenters. The minimum atomic E-state index is -1.07. The molecule has 0 aromatic carbocycles. The van der Waals surface area contributed by atoms with Gasteiger partial charge in [-0.3, -0.25) is 10.1 Å². The zero-order valence-electron chi connectivity index (χ0n) is 12.1. The molecule has 2 N–H and O–H groups in total. The van der Waals surface area contributed by atoms with Crippen molar-refractivity contribution in [3.63, 3.8) is 0 Å². The van der Waals surface area contributed by atoms with Gasteiger partial charge in [-0.25, -0.2) is 4.89 Å². The molecule has 1 aliphatic rings. The summed E-state index contributed by atoms with van der Waals surface area (Å²) < 4.78 is 0. The van der Waals surface area contributed by atoms with Crippen LogP contribution in [0.5, 0.6) is 0 Å². The quantitative estimate of drug-likeness (QED) is 0.457. The first kappa shape index (κ1) is 16.1. The highest BCUT2D eigenvalue weighted by Crippen LogP contribution is 2.32. The fourth-order valence-electron chi connectivity index (χ4n) is 2.30. The number of hydrogen-bond acceptors (Lipinski definition) is 4. The number of aliphatic hydroxyl groups is 1. The van der Waals surface area contributed by atoms with Gasteiger partial charge in [0.05, 0.1) is 11.5 Å². The molecular formula is C15H24O4. The van der Waals surface area contributed by atoms with Gasteiger partial charge in [0.25, 0.3) is 0 Å². The van der Waals surface area contributed by atoms with Gasteiger partial charge in [-0.2, -0.15) is 0 Å². The molecule has 2 unspecified atom stereocenters. The predicted octanol–water partition coefficient (Wildman–Crippen LogP) is 2.88. The fourth-order valence-corrected chi connectivity index (χ4v) is 2.30. The van der Waals surface area contributed by atoms with Crippen molar-refractivity contribution in [2.24, 2.45) is 5.92 Å². The second kappa shape index (κ2) is 5.99. The normalized spacial score (nSPS) is 24.4. The van der Waals surface area contributed by atoms with Gasteiger partial charge in [0, 0.05) is 0 Å². The lowest BCUT2D eigenvalue weighted by Gasteiger charge is -2.33. The zero-order chi connectivity index (χ0) is 14.7. The number of ketones is 1. The Hall–Kier alpha value is -0.970. The molecule has 0 fully saturated rings. The minimum absolute atomic E-state index is 0.000168. The van der Waals surface area contributed by atoms with Crippen molar-refractivity contribution in [2.45, 2.75) is 58.2 Å². The summed E-state index contributed by atoms with van der Waals surface area (Å²) in [5, 5.41) is 19.1. The van der Waals surface area contributed by atoms with E-state index in [0.29, 0.717) is 12.8 Å². The third kappa shape index (κ3) is 4.56. The molecule has 0 saturated carbocycles. The zero-order valence-corrected chi connectivity index (χ0v) is 12.1. The molecule has 0 heterocycles. The van der Waals surface area contributed by atoms with E-state index in [1.54, 1.807) is 39.0 Å². The maximum absolute atomic E-state index is 11.9. The standard InChI is InChI=1S/C15H24O4/c1-11-6-7-12(13(16)10-11)15(4,17)9-5-8-14(2,3)19-18/h5,8,10,12,17-18H,6-7,9H2,1-4H3. The van der Waals surface area contributed by atoms with E-state index < -0.39 is 11.2 Å². The molecule has 4 nitrogen and oxygen atoms in total. The molecule has 1 aliphatic carbocycles. The van der Waals surface area contributed by atoms with E-state index in [2.05, 4.69) is 4.89 Å². The van der Waals surface area contributed by atoms with Gasteiger partial charge in [0.1, 0.15) is 5.60 Å². The van der Waals surface area contributed by atoms with Crippen LogP contribution in [-0.2, 0) is 9.68 Å². The van der Waals surface area contributed by atoms with Crippen molar-refractivity contribution in [1.29, 1.82) is 0 Å². The molecule has 0 bridgehead atoms. The summed E-state index contributed by atoms with van der Waals surface area (Å²) in [6.45, 7) is 7.02. The Bertz CT molecular complexity index is 391. The van der Waals surface area contributed by atoms with Crippen molar-refractivity contribution < 1.29 is 20.0 Å². The SMILES string of the molecule is CC1=CC(=O)C(C(C)(O)CC=CC(C)(C)OO)CC1. The molecule has 4 heteroatoms. The van der Waals surface area contributed by atoms with Gasteiger partial charge in [0.2, 0.25) is 0 Å². The van der Waals surface area contributed by atoms with Crippen molar-refractivity contribution in [2.75, 3.05) is 0 Å². The first-order chi connectivity index (χ1) is 8.68. The Kier molecular flexibility index (Phi) is 5.07. The van der Waals surface area contributed by atoms with Gasteiger partial charge in [-0.05, 0) is 53.0 Å². The highest BCUT2D eigenvalue weighted by atomic mass is 17.1. The first-order valence-corrected chi connectivity index (χ1v) is 6.61. The third-order valence-electron chi connectivity index (χ3n) is 3.60. The molecule has 0 aromatic rings. The summed E-state index contributed by atoms with van der Waals surface area (Å²) in [6, 6.07) is 0. The Morgan fingerprint density at radius 3 is 2.63 bits per heavy atom. The maximum Gasteiger partial charge on any atom is 0.161 e. The van der Waals surface area contributed by atoms with Gasteiger partial charge in [-0.1, -0.05) is 17.7 Å². The van der Waals surface area contributed by atoms with Crippen LogP contribution in [0.2, 0.25) is 0 Å². The van der Waals surface area contributed by atoms with Crippen LogP contribution < -0.4 is 0 Å². The lowest BCUT2D eigenvalue weighted by molar-refractivity contribution is -0.297. The minimum Gasteiger partial charge on any atom is -0.389 e. The van der Waals surface area contributed by atoms with Crippen LogP contribution in [0.1, 0.15) is 47.0 Å². The van der Waals surface area contributed by atoms with Crippen molar-refractivity contribution >= 4 is 5.78 Å². The van der Waals surface area contributed by atoms with Crippen LogP contribution in [0, 0.1) is 5.92 Å². The van der Waals surface area contributed by atoms with Crippen LogP contribution in [0.4, 0.5) is 0 Å². The second-order valence-electron chi connectivity index (χ2n) is 6.14. The van der Waals surface area contributed by atoms with Crippen molar-refractivity contribution in [1.82, 2.24) is 0 Å². The van der Waals surface area contributed by atoms with Crippen LogP contribution in [-0.4, -0.2) is 27.3 Å². The maximum atomic E-state index is 11.9. The first-order valence-electron chi connectivity index (χ1n) is 6.61. The number of carbonyl (C=O) groups excluding carboxylic acids is 1. The second-order valence-corrected chi connectivity index (χ2v) is 6.14. The molecule has 0 spiro atoms. The van der Waals surface area contributed by atoms with Crippen LogP contribution in [0.15, 0.2) is 23.8 Å². The molecule has 108 valence electrons. The molecule has 0 radical (unpaired) electrons.